The van der Waals surface area contributed by atoms with E-state index >= 15 is 0 Å². The van der Waals surface area contributed by atoms with E-state index in [0.717, 1.165) is 6.54 Å². The summed E-state index contributed by atoms with van der Waals surface area (Å²) >= 11 is 1.84. The molecule has 1 saturated heterocycles. The van der Waals surface area contributed by atoms with E-state index in [2.05, 4.69) is 31.3 Å². The van der Waals surface area contributed by atoms with Gasteiger partial charge in [-0.1, -0.05) is 0 Å². The molecule has 1 fully saturated rings. The van der Waals surface area contributed by atoms with Gasteiger partial charge in [0.2, 0.25) is 0 Å². The van der Waals surface area contributed by atoms with Crippen LogP contribution >= 0.6 is 11.3 Å². The molecule has 2 rings (SSSR count). The number of ether oxygens (including phenoxy) is 2. The summed E-state index contributed by atoms with van der Waals surface area (Å²) in [5.41, 5.74) is 0. The summed E-state index contributed by atoms with van der Waals surface area (Å²) in [5.74, 6) is -0.430. The van der Waals surface area contributed by atoms with Crippen LogP contribution in [-0.4, -0.2) is 24.5 Å². The first kappa shape index (κ1) is 13.0. The summed E-state index contributed by atoms with van der Waals surface area (Å²) in [5, 5.41) is 3.50. The molecule has 3 nitrogen and oxygen atoms in total. The monoisotopic (exact) mass is 255 g/mol. The smallest absolute Gasteiger partial charge is 0.163 e. The number of hydrogen-bond acceptors (Lipinski definition) is 4. The summed E-state index contributed by atoms with van der Waals surface area (Å²) in [7, 11) is 0. The molecule has 0 aliphatic carbocycles. The largest absolute Gasteiger partial charge is 0.348 e. The molecule has 2 atom stereocenters. The summed E-state index contributed by atoms with van der Waals surface area (Å²) in [4.78, 5) is 2.73. The molecule has 0 amide bonds. The van der Waals surface area contributed by atoms with Gasteiger partial charge in [0.1, 0.15) is 0 Å². The molecule has 1 aliphatic rings. The highest BCUT2D eigenvalue weighted by molar-refractivity contribution is 7.11. The fraction of sp³-hybridized carbons (Fsp3) is 0.692. The Hall–Kier alpha value is -0.420. The molecule has 4 heteroatoms. The minimum atomic E-state index is -0.430. The maximum atomic E-state index is 5.82. The topological polar surface area (TPSA) is 30.5 Å². The van der Waals surface area contributed by atoms with E-state index in [4.69, 9.17) is 9.47 Å². The van der Waals surface area contributed by atoms with Gasteiger partial charge in [0, 0.05) is 22.3 Å². The molecule has 1 aliphatic heterocycles. The van der Waals surface area contributed by atoms with E-state index < -0.39 is 5.79 Å². The molecule has 0 spiro atoms. The first-order valence-electron chi connectivity index (χ1n) is 6.07. The third-order valence-electron chi connectivity index (χ3n) is 2.98. The lowest BCUT2D eigenvalue weighted by molar-refractivity contribution is -0.141. The summed E-state index contributed by atoms with van der Waals surface area (Å²) in [6.45, 7) is 9.78. The first-order valence-corrected chi connectivity index (χ1v) is 6.88. The van der Waals surface area contributed by atoms with Crippen LogP contribution in [0.3, 0.4) is 0 Å². The summed E-state index contributed by atoms with van der Waals surface area (Å²) in [6, 6.07) is 4.64. The Kier molecular flexibility index (Phi) is 3.88. The third kappa shape index (κ3) is 3.52. The predicted molar refractivity (Wildman–Crippen MR) is 70.3 cm³/mol. The van der Waals surface area contributed by atoms with Crippen LogP contribution in [0.2, 0.25) is 0 Å². The van der Waals surface area contributed by atoms with Crippen LogP contribution in [0.5, 0.6) is 0 Å². The van der Waals surface area contributed by atoms with E-state index in [0.29, 0.717) is 12.6 Å². The fourth-order valence-electron chi connectivity index (χ4n) is 1.93. The van der Waals surface area contributed by atoms with Crippen molar-refractivity contribution >= 4 is 11.3 Å². The van der Waals surface area contributed by atoms with Crippen molar-refractivity contribution < 1.29 is 9.47 Å². The van der Waals surface area contributed by atoms with Crippen LogP contribution < -0.4 is 5.32 Å². The molecule has 0 unspecified atom stereocenters. The standard InChI is InChI=1S/C13H21NO2S/c1-9-5-6-11(17-9)7-14-10(2)12-8-15-13(3,4)16-12/h5-6,10,12,14H,7-8H2,1-4H3/t10-,12+/m0/s1. The second-order valence-electron chi connectivity index (χ2n) is 5.05. The average Bonchev–Trinajstić information content (AvgIpc) is 2.81. The molecule has 17 heavy (non-hydrogen) atoms. The predicted octanol–water partition coefficient (Wildman–Crippen LogP) is 2.69. The van der Waals surface area contributed by atoms with Crippen molar-refractivity contribution in [2.24, 2.45) is 0 Å². The molecule has 96 valence electrons. The Morgan fingerprint density at radius 3 is 2.82 bits per heavy atom. The molecule has 0 bridgehead atoms. The van der Waals surface area contributed by atoms with Crippen molar-refractivity contribution in [3.8, 4) is 0 Å². The maximum absolute atomic E-state index is 5.82. The van der Waals surface area contributed by atoms with Gasteiger partial charge in [-0.3, -0.25) is 0 Å². The van der Waals surface area contributed by atoms with Crippen LogP contribution in [0, 0.1) is 6.92 Å². The normalized spacial score (nSPS) is 25.1. The van der Waals surface area contributed by atoms with Crippen LogP contribution in [0.4, 0.5) is 0 Å². The van der Waals surface area contributed by atoms with Crippen molar-refractivity contribution in [2.45, 2.75) is 52.2 Å². The van der Waals surface area contributed by atoms with Crippen LogP contribution in [0.15, 0.2) is 12.1 Å². The Morgan fingerprint density at radius 1 is 1.53 bits per heavy atom. The van der Waals surface area contributed by atoms with E-state index in [1.54, 1.807) is 0 Å². The Bertz CT molecular complexity index is 375. The van der Waals surface area contributed by atoms with E-state index in [1.165, 1.54) is 9.75 Å². The van der Waals surface area contributed by atoms with Crippen molar-refractivity contribution in [2.75, 3.05) is 6.61 Å². The van der Waals surface area contributed by atoms with E-state index in [-0.39, 0.29) is 6.10 Å². The molecule has 0 saturated carbocycles. The lowest BCUT2D eigenvalue weighted by Crippen LogP contribution is -2.39. The van der Waals surface area contributed by atoms with Gasteiger partial charge in [-0.05, 0) is 39.8 Å². The number of rotatable bonds is 4. The Balaban J connectivity index is 1.80. The number of nitrogens with one attached hydrogen (secondary N) is 1. The summed E-state index contributed by atoms with van der Waals surface area (Å²) in [6.07, 6.45) is 0.144. The van der Waals surface area contributed by atoms with Crippen molar-refractivity contribution in [3.63, 3.8) is 0 Å². The van der Waals surface area contributed by atoms with Gasteiger partial charge in [-0.15, -0.1) is 11.3 Å². The zero-order valence-electron chi connectivity index (χ0n) is 10.9. The Labute approximate surface area is 107 Å². The van der Waals surface area contributed by atoms with Gasteiger partial charge in [0.05, 0.1) is 12.7 Å². The van der Waals surface area contributed by atoms with Gasteiger partial charge in [-0.25, -0.2) is 0 Å². The fourth-order valence-corrected chi connectivity index (χ4v) is 2.78. The number of hydrogen-bond donors (Lipinski definition) is 1. The molecule has 0 aromatic carbocycles. The van der Waals surface area contributed by atoms with E-state index in [1.807, 2.05) is 25.2 Å². The van der Waals surface area contributed by atoms with Gasteiger partial charge < -0.3 is 14.8 Å². The highest BCUT2D eigenvalue weighted by atomic mass is 32.1. The highest BCUT2D eigenvalue weighted by Gasteiger charge is 2.35. The molecular weight excluding hydrogens is 234 g/mol. The Morgan fingerprint density at radius 2 is 2.29 bits per heavy atom. The molecule has 1 aromatic rings. The minimum Gasteiger partial charge on any atom is -0.348 e. The van der Waals surface area contributed by atoms with Crippen LogP contribution in [0.25, 0.3) is 0 Å². The zero-order valence-corrected chi connectivity index (χ0v) is 11.8. The molecular formula is C13H21NO2S. The van der Waals surface area contributed by atoms with Gasteiger partial charge in [-0.2, -0.15) is 0 Å². The minimum absolute atomic E-state index is 0.144. The van der Waals surface area contributed by atoms with E-state index in [9.17, 15) is 0 Å². The van der Waals surface area contributed by atoms with Crippen LogP contribution in [0.1, 0.15) is 30.5 Å². The quantitative estimate of drug-likeness (QED) is 0.897. The average molecular weight is 255 g/mol. The number of aryl methyl sites for hydroxylation is 1. The van der Waals surface area contributed by atoms with Crippen molar-refractivity contribution in [3.05, 3.63) is 21.9 Å². The number of thiophene rings is 1. The second kappa shape index (κ2) is 5.06. The maximum Gasteiger partial charge on any atom is 0.163 e. The highest BCUT2D eigenvalue weighted by Crippen LogP contribution is 2.24. The SMILES string of the molecule is Cc1ccc(CN[C@@H](C)[C@H]2COC(C)(C)O2)s1. The lowest BCUT2D eigenvalue weighted by Gasteiger charge is -2.21. The van der Waals surface area contributed by atoms with Crippen molar-refractivity contribution in [1.82, 2.24) is 5.32 Å². The summed E-state index contributed by atoms with van der Waals surface area (Å²) < 4.78 is 11.4. The zero-order chi connectivity index (χ0) is 12.5. The van der Waals surface area contributed by atoms with Gasteiger partial charge in [0.25, 0.3) is 0 Å². The van der Waals surface area contributed by atoms with Crippen molar-refractivity contribution in [1.29, 1.82) is 0 Å². The molecule has 2 heterocycles. The molecule has 1 N–H and O–H groups in total. The van der Waals surface area contributed by atoms with Gasteiger partial charge in [0.15, 0.2) is 5.79 Å². The third-order valence-corrected chi connectivity index (χ3v) is 3.98. The van der Waals surface area contributed by atoms with Gasteiger partial charge >= 0.3 is 0 Å². The molecule has 0 radical (unpaired) electrons. The molecule has 1 aromatic heterocycles. The van der Waals surface area contributed by atoms with Crippen LogP contribution in [-0.2, 0) is 16.0 Å². The lowest BCUT2D eigenvalue weighted by atomic mass is 10.2. The second-order valence-corrected chi connectivity index (χ2v) is 6.42. The first-order chi connectivity index (χ1) is 7.96.